The summed E-state index contributed by atoms with van der Waals surface area (Å²) in [6, 6.07) is 10.7. The van der Waals surface area contributed by atoms with Gasteiger partial charge in [-0.05, 0) is 42.5 Å². The van der Waals surface area contributed by atoms with E-state index >= 15 is 0 Å². The molecule has 12 heteroatoms. The Balaban J connectivity index is 1.60. The Bertz CT molecular complexity index is 1420. The van der Waals surface area contributed by atoms with Gasteiger partial charge in [0.15, 0.2) is 11.5 Å². The van der Waals surface area contributed by atoms with Crippen molar-refractivity contribution < 1.29 is 33.0 Å². The van der Waals surface area contributed by atoms with Gasteiger partial charge in [0.25, 0.3) is 5.91 Å². The normalized spacial score (nSPS) is 14.2. The van der Waals surface area contributed by atoms with Crippen molar-refractivity contribution in [2.75, 3.05) is 14.2 Å². The number of imide groups is 1. The zero-order valence-corrected chi connectivity index (χ0v) is 22.6. The molecule has 1 saturated heterocycles. The van der Waals surface area contributed by atoms with Gasteiger partial charge in [0.1, 0.15) is 18.1 Å². The van der Waals surface area contributed by atoms with Gasteiger partial charge in [0, 0.05) is 25.6 Å². The molecule has 3 amide bonds. The number of benzene rings is 2. The number of rotatable bonds is 8. The number of ether oxygens (including phenoxy) is 3. The molecule has 0 unspecified atom stereocenters. The molecular formula is C25H19BrCl2N2O7. The minimum absolute atomic E-state index is 0.0132. The molecule has 1 aliphatic heterocycles. The molecule has 192 valence electrons. The molecule has 0 bridgehead atoms. The highest BCUT2D eigenvalue weighted by atomic mass is 79.9. The fraction of sp³-hybridized carbons (Fsp3) is 0.160. The Morgan fingerprint density at radius 3 is 2.62 bits per heavy atom. The zero-order valence-electron chi connectivity index (χ0n) is 19.5. The van der Waals surface area contributed by atoms with E-state index in [2.05, 4.69) is 26.0 Å². The molecule has 2 heterocycles. The van der Waals surface area contributed by atoms with Crippen LogP contribution in [0.3, 0.4) is 0 Å². The Morgan fingerprint density at radius 2 is 1.92 bits per heavy atom. The number of esters is 1. The highest BCUT2D eigenvalue weighted by Gasteiger charge is 2.35. The second-order valence-corrected chi connectivity index (χ2v) is 9.45. The number of amides is 3. The average Bonchev–Trinajstić information content (AvgIpc) is 3.44. The molecule has 1 aromatic heterocycles. The van der Waals surface area contributed by atoms with Crippen LogP contribution in [0.5, 0.6) is 11.5 Å². The van der Waals surface area contributed by atoms with Crippen molar-refractivity contribution in [1.29, 1.82) is 0 Å². The summed E-state index contributed by atoms with van der Waals surface area (Å²) in [7, 11) is 2.70. The largest absolute Gasteiger partial charge is 0.493 e. The third-order valence-electron chi connectivity index (χ3n) is 5.28. The van der Waals surface area contributed by atoms with Gasteiger partial charge in [-0.1, -0.05) is 45.2 Å². The maximum atomic E-state index is 13.1. The van der Waals surface area contributed by atoms with Crippen molar-refractivity contribution in [1.82, 2.24) is 10.2 Å². The van der Waals surface area contributed by atoms with Crippen molar-refractivity contribution in [3.63, 3.8) is 0 Å². The highest BCUT2D eigenvalue weighted by Crippen LogP contribution is 2.37. The van der Waals surface area contributed by atoms with E-state index in [4.69, 9.17) is 37.1 Å². The van der Waals surface area contributed by atoms with Crippen molar-refractivity contribution in [2.45, 2.75) is 13.2 Å². The maximum absolute atomic E-state index is 13.1. The van der Waals surface area contributed by atoms with Gasteiger partial charge in [0.2, 0.25) is 5.76 Å². The number of nitrogens with zero attached hydrogens (tertiary/aromatic N) is 1. The molecule has 0 saturated carbocycles. The predicted octanol–water partition coefficient (Wildman–Crippen LogP) is 5.82. The lowest BCUT2D eigenvalue weighted by molar-refractivity contribution is -0.123. The lowest BCUT2D eigenvalue weighted by Gasteiger charge is -2.15. The lowest BCUT2D eigenvalue weighted by atomic mass is 10.1. The van der Waals surface area contributed by atoms with E-state index in [1.54, 1.807) is 30.3 Å². The third-order valence-corrected chi connectivity index (χ3v) is 6.32. The first-order chi connectivity index (χ1) is 17.7. The molecule has 4 rings (SSSR count). The average molecular weight is 610 g/mol. The number of halogens is 3. The number of hydrogen-bond donors (Lipinski definition) is 1. The van der Waals surface area contributed by atoms with Gasteiger partial charge in [0.05, 0.1) is 20.8 Å². The van der Waals surface area contributed by atoms with Crippen LogP contribution in [0.15, 0.2) is 57.1 Å². The van der Waals surface area contributed by atoms with Gasteiger partial charge in [-0.2, -0.15) is 0 Å². The SMILES string of the molecule is COC(=O)c1ccc(CN2C(=O)N/C(=C\c3cc(Br)cc(OC)c3OCc3ccc(Cl)cc3Cl)C2=O)o1. The zero-order chi connectivity index (χ0) is 26.7. The quantitative estimate of drug-likeness (QED) is 0.195. The molecule has 0 radical (unpaired) electrons. The van der Waals surface area contributed by atoms with E-state index in [9.17, 15) is 14.4 Å². The van der Waals surface area contributed by atoms with Crippen LogP contribution < -0.4 is 14.8 Å². The fourth-order valence-corrected chi connectivity index (χ4v) is 4.41. The van der Waals surface area contributed by atoms with Crippen LogP contribution in [-0.2, 0) is 22.7 Å². The monoisotopic (exact) mass is 608 g/mol. The molecule has 37 heavy (non-hydrogen) atoms. The van der Waals surface area contributed by atoms with Crippen LogP contribution in [0.4, 0.5) is 4.79 Å². The summed E-state index contributed by atoms with van der Waals surface area (Å²) in [6.07, 6.45) is 1.48. The Morgan fingerprint density at radius 1 is 1.14 bits per heavy atom. The summed E-state index contributed by atoms with van der Waals surface area (Å²) in [4.78, 5) is 38.2. The second kappa shape index (κ2) is 11.3. The molecular weight excluding hydrogens is 591 g/mol. The van der Waals surface area contributed by atoms with Crippen molar-refractivity contribution in [2.24, 2.45) is 0 Å². The first-order valence-electron chi connectivity index (χ1n) is 10.7. The van der Waals surface area contributed by atoms with Crippen LogP contribution in [0, 0.1) is 0 Å². The summed E-state index contributed by atoms with van der Waals surface area (Å²) in [5.41, 5.74) is 1.17. The molecule has 0 aliphatic carbocycles. The number of methoxy groups -OCH3 is 2. The van der Waals surface area contributed by atoms with Crippen LogP contribution in [0.2, 0.25) is 10.0 Å². The van der Waals surface area contributed by atoms with E-state index < -0.39 is 17.9 Å². The number of hydrogen-bond acceptors (Lipinski definition) is 7. The number of nitrogens with one attached hydrogen (secondary N) is 1. The predicted molar refractivity (Wildman–Crippen MR) is 139 cm³/mol. The van der Waals surface area contributed by atoms with Crippen LogP contribution in [0.1, 0.15) is 27.4 Å². The summed E-state index contributed by atoms with van der Waals surface area (Å²) in [5.74, 6) is -0.335. The number of urea groups is 1. The highest BCUT2D eigenvalue weighted by molar-refractivity contribution is 9.10. The third kappa shape index (κ3) is 5.93. The molecule has 0 atom stereocenters. The van der Waals surface area contributed by atoms with E-state index in [1.165, 1.54) is 32.4 Å². The molecule has 1 fully saturated rings. The van der Waals surface area contributed by atoms with Gasteiger partial charge < -0.3 is 23.9 Å². The molecule has 3 aromatic rings. The summed E-state index contributed by atoms with van der Waals surface area (Å²) < 4.78 is 22.2. The summed E-state index contributed by atoms with van der Waals surface area (Å²) in [5, 5.41) is 3.49. The van der Waals surface area contributed by atoms with Crippen LogP contribution in [0.25, 0.3) is 6.08 Å². The van der Waals surface area contributed by atoms with E-state index in [0.29, 0.717) is 37.1 Å². The molecule has 1 N–H and O–H groups in total. The van der Waals surface area contributed by atoms with Crippen molar-refractivity contribution in [3.05, 3.63) is 85.3 Å². The Hall–Kier alpha value is -3.47. The second-order valence-electron chi connectivity index (χ2n) is 7.69. The van der Waals surface area contributed by atoms with E-state index in [1.807, 2.05) is 0 Å². The minimum atomic E-state index is -0.667. The Labute approximate surface area is 230 Å². The molecule has 2 aromatic carbocycles. The topological polar surface area (TPSA) is 107 Å². The minimum Gasteiger partial charge on any atom is -0.493 e. The molecule has 1 aliphatic rings. The summed E-state index contributed by atoms with van der Waals surface area (Å²) >= 11 is 15.7. The molecule has 9 nitrogen and oxygen atoms in total. The van der Waals surface area contributed by atoms with Gasteiger partial charge >= 0.3 is 12.0 Å². The number of furan rings is 1. The first kappa shape index (κ1) is 26.6. The van der Waals surface area contributed by atoms with Crippen LogP contribution in [-0.4, -0.2) is 37.0 Å². The van der Waals surface area contributed by atoms with Gasteiger partial charge in [-0.3, -0.25) is 9.69 Å². The molecule has 0 spiro atoms. The standard InChI is InChI=1S/C25H19BrCl2N2O7/c1-34-21-9-15(26)7-14(22(21)36-12-13-3-4-16(27)10-18(13)28)8-19-23(31)30(25(33)29-19)11-17-5-6-20(37-17)24(32)35-2/h3-10H,11-12H2,1-2H3,(H,29,33)/b19-8-. The maximum Gasteiger partial charge on any atom is 0.373 e. The first-order valence-corrected chi connectivity index (χ1v) is 12.2. The lowest BCUT2D eigenvalue weighted by Crippen LogP contribution is -2.30. The van der Waals surface area contributed by atoms with Crippen molar-refractivity contribution >= 4 is 63.1 Å². The number of carbonyl (C=O) groups is 3. The van der Waals surface area contributed by atoms with E-state index in [0.717, 1.165) is 4.90 Å². The van der Waals surface area contributed by atoms with E-state index in [-0.39, 0.29) is 30.4 Å². The van der Waals surface area contributed by atoms with Gasteiger partial charge in [-0.25, -0.2) is 9.59 Å². The van der Waals surface area contributed by atoms with Crippen LogP contribution >= 0.6 is 39.1 Å². The smallest absolute Gasteiger partial charge is 0.373 e. The summed E-state index contributed by atoms with van der Waals surface area (Å²) in [6.45, 7) is -0.0865. The number of carbonyl (C=O) groups excluding carboxylic acids is 3. The fourth-order valence-electron chi connectivity index (χ4n) is 3.49. The van der Waals surface area contributed by atoms with Gasteiger partial charge in [-0.15, -0.1) is 0 Å². The van der Waals surface area contributed by atoms with Crippen molar-refractivity contribution in [3.8, 4) is 11.5 Å². The Kier molecular flexibility index (Phi) is 8.11.